The van der Waals surface area contributed by atoms with Gasteiger partial charge in [0.2, 0.25) is 10.1 Å². The average Bonchev–Trinajstić information content (AvgIpc) is 2.60. The number of alkyl halides is 3. The summed E-state index contributed by atoms with van der Waals surface area (Å²) in [6, 6.07) is 0. The van der Waals surface area contributed by atoms with Gasteiger partial charge in [-0.1, -0.05) is 25.2 Å². The maximum Gasteiger partial charge on any atom is 0.445 e. The summed E-state index contributed by atoms with van der Waals surface area (Å²) >= 11 is 0.479. The molecule has 104 valence electrons. The summed E-state index contributed by atoms with van der Waals surface area (Å²) in [5.74, 6) is 0. The SMILES string of the molecule is CC(O)CC(C)(C)CNc1nnc(C(F)(F)F)s1. The zero-order valence-corrected chi connectivity index (χ0v) is 11.2. The molecule has 0 fully saturated rings. The minimum atomic E-state index is -4.45. The van der Waals surface area contributed by atoms with E-state index in [1.54, 1.807) is 6.92 Å². The quantitative estimate of drug-likeness (QED) is 0.872. The number of aliphatic hydroxyl groups is 1. The Morgan fingerprint density at radius 3 is 2.39 bits per heavy atom. The molecule has 1 aromatic rings. The molecule has 0 bridgehead atoms. The van der Waals surface area contributed by atoms with Crippen LogP contribution in [-0.4, -0.2) is 28.0 Å². The molecule has 8 heteroatoms. The first kappa shape index (κ1) is 15.2. The second-order valence-corrected chi connectivity index (χ2v) is 5.96. The first-order valence-corrected chi connectivity index (χ1v) is 6.24. The lowest BCUT2D eigenvalue weighted by molar-refractivity contribution is -0.138. The standard InChI is InChI=1S/C10H16F3N3OS/c1-6(17)4-9(2,3)5-14-8-16-15-7(18-8)10(11,12)13/h6,17H,4-5H2,1-3H3,(H,14,16). The average molecular weight is 283 g/mol. The van der Waals surface area contributed by atoms with Crippen LogP contribution in [0.25, 0.3) is 0 Å². The number of anilines is 1. The summed E-state index contributed by atoms with van der Waals surface area (Å²) in [6.45, 7) is 5.93. The maximum atomic E-state index is 12.3. The van der Waals surface area contributed by atoms with Gasteiger partial charge in [0.05, 0.1) is 6.10 Å². The molecule has 0 spiro atoms. The normalized spacial score (nSPS) is 14.6. The van der Waals surface area contributed by atoms with Gasteiger partial charge < -0.3 is 10.4 Å². The second-order valence-electron chi connectivity index (χ2n) is 4.98. The minimum Gasteiger partial charge on any atom is -0.393 e. The Morgan fingerprint density at radius 2 is 1.94 bits per heavy atom. The van der Waals surface area contributed by atoms with E-state index in [9.17, 15) is 18.3 Å². The predicted molar refractivity (Wildman–Crippen MR) is 63.5 cm³/mol. The third-order valence-corrected chi connectivity index (χ3v) is 3.16. The van der Waals surface area contributed by atoms with E-state index < -0.39 is 17.3 Å². The largest absolute Gasteiger partial charge is 0.445 e. The van der Waals surface area contributed by atoms with Gasteiger partial charge in [-0.05, 0) is 18.8 Å². The molecule has 0 aliphatic heterocycles. The van der Waals surface area contributed by atoms with Crippen molar-refractivity contribution in [3.63, 3.8) is 0 Å². The molecule has 2 N–H and O–H groups in total. The third-order valence-electron chi connectivity index (χ3n) is 2.23. The third kappa shape index (κ3) is 4.77. The Hall–Kier alpha value is -0.890. The van der Waals surface area contributed by atoms with Gasteiger partial charge in [0, 0.05) is 6.54 Å². The van der Waals surface area contributed by atoms with Crippen LogP contribution in [0.1, 0.15) is 32.2 Å². The highest BCUT2D eigenvalue weighted by molar-refractivity contribution is 7.15. The van der Waals surface area contributed by atoms with Crippen LogP contribution in [0.5, 0.6) is 0 Å². The summed E-state index contributed by atoms with van der Waals surface area (Å²) in [6.07, 6.45) is -4.36. The highest BCUT2D eigenvalue weighted by atomic mass is 32.1. The van der Waals surface area contributed by atoms with Crippen molar-refractivity contribution < 1.29 is 18.3 Å². The lowest BCUT2D eigenvalue weighted by atomic mass is 9.87. The number of nitrogens with one attached hydrogen (secondary N) is 1. The molecule has 18 heavy (non-hydrogen) atoms. The smallest absolute Gasteiger partial charge is 0.393 e. The molecular weight excluding hydrogens is 267 g/mol. The van der Waals surface area contributed by atoms with Crippen LogP contribution in [0, 0.1) is 5.41 Å². The fraction of sp³-hybridized carbons (Fsp3) is 0.800. The first-order valence-electron chi connectivity index (χ1n) is 5.43. The molecule has 1 unspecified atom stereocenters. The maximum absolute atomic E-state index is 12.3. The van der Waals surface area contributed by atoms with Crippen molar-refractivity contribution in [1.82, 2.24) is 10.2 Å². The lowest BCUT2D eigenvalue weighted by Gasteiger charge is -2.26. The van der Waals surface area contributed by atoms with Gasteiger partial charge in [-0.15, -0.1) is 10.2 Å². The Morgan fingerprint density at radius 1 is 1.33 bits per heavy atom. The minimum absolute atomic E-state index is 0.140. The number of aromatic nitrogens is 2. The van der Waals surface area contributed by atoms with Gasteiger partial charge in [-0.25, -0.2) is 0 Å². The molecule has 1 heterocycles. The van der Waals surface area contributed by atoms with Gasteiger partial charge in [-0.3, -0.25) is 0 Å². The van der Waals surface area contributed by atoms with E-state index in [-0.39, 0.29) is 10.5 Å². The van der Waals surface area contributed by atoms with E-state index >= 15 is 0 Å². The molecule has 0 aliphatic carbocycles. The summed E-state index contributed by atoms with van der Waals surface area (Å²) in [4.78, 5) is 0. The monoisotopic (exact) mass is 283 g/mol. The number of rotatable bonds is 5. The van der Waals surface area contributed by atoms with Crippen LogP contribution in [0.4, 0.5) is 18.3 Å². The van der Waals surface area contributed by atoms with Crippen molar-refractivity contribution in [3.8, 4) is 0 Å². The Balaban J connectivity index is 2.56. The van der Waals surface area contributed by atoms with Crippen molar-refractivity contribution in [2.24, 2.45) is 5.41 Å². The van der Waals surface area contributed by atoms with Crippen LogP contribution in [-0.2, 0) is 6.18 Å². The molecule has 4 nitrogen and oxygen atoms in total. The predicted octanol–water partition coefficient (Wildman–Crippen LogP) is 2.77. The Labute approximate surface area is 107 Å². The van der Waals surface area contributed by atoms with Gasteiger partial charge >= 0.3 is 6.18 Å². The molecule has 1 rings (SSSR count). The molecular formula is C10H16F3N3OS. The molecule has 0 aromatic carbocycles. The zero-order chi connectivity index (χ0) is 14.0. The van der Waals surface area contributed by atoms with E-state index in [2.05, 4.69) is 15.5 Å². The fourth-order valence-electron chi connectivity index (χ4n) is 1.60. The van der Waals surface area contributed by atoms with E-state index in [1.165, 1.54) is 0 Å². The number of halogens is 3. The number of hydrogen-bond donors (Lipinski definition) is 2. The van der Waals surface area contributed by atoms with Crippen molar-refractivity contribution in [3.05, 3.63) is 5.01 Å². The van der Waals surface area contributed by atoms with Crippen LogP contribution in [0.15, 0.2) is 0 Å². The molecule has 1 atom stereocenters. The highest BCUT2D eigenvalue weighted by Crippen LogP contribution is 2.33. The molecule has 1 aromatic heterocycles. The van der Waals surface area contributed by atoms with Crippen LogP contribution in [0.2, 0.25) is 0 Å². The molecule has 0 saturated carbocycles. The van der Waals surface area contributed by atoms with Crippen molar-refractivity contribution >= 4 is 16.5 Å². The van der Waals surface area contributed by atoms with Crippen molar-refractivity contribution in [1.29, 1.82) is 0 Å². The van der Waals surface area contributed by atoms with Crippen molar-refractivity contribution in [2.75, 3.05) is 11.9 Å². The van der Waals surface area contributed by atoms with Crippen LogP contribution in [0.3, 0.4) is 0 Å². The summed E-state index contributed by atoms with van der Waals surface area (Å²) < 4.78 is 36.9. The Kier molecular flexibility index (Phi) is 4.55. The molecule has 0 amide bonds. The van der Waals surface area contributed by atoms with E-state index in [0.717, 1.165) is 0 Å². The Bertz CT molecular complexity index is 390. The van der Waals surface area contributed by atoms with E-state index in [0.29, 0.717) is 24.3 Å². The highest BCUT2D eigenvalue weighted by Gasteiger charge is 2.35. The van der Waals surface area contributed by atoms with E-state index in [1.807, 2.05) is 13.8 Å². The number of aliphatic hydroxyl groups excluding tert-OH is 1. The second kappa shape index (κ2) is 5.40. The van der Waals surface area contributed by atoms with Gasteiger partial charge in [0.1, 0.15) is 0 Å². The van der Waals surface area contributed by atoms with Crippen LogP contribution >= 0.6 is 11.3 Å². The molecule has 0 saturated heterocycles. The fourth-order valence-corrected chi connectivity index (χ4v) is 2.20. The van der Waals surface area contributed by atoms with E-state index in [4.69, 9.17) is 0 Å². The summed E-state index contributed by atoms with van der Waals surface area (Å²) in [7, 11) is 0. The first-order chi connectivity index (χ1) is 8.10. The topological polar surface area (TPSA) is 58.0 Å². The summed E-state index contributed by atoms with van der Waals surface area (Å²) in [5, 5.41) is 17.8. The number of nitrogens with zero attached hydrogens (tertiary/aromatic N) is 2. The lowest BCUT2D eigenvalue weighted by Crippen LogP contribution is -2.27. The molecule has 0 radical (unpaired) electrons. The summed E-state index contributed by atoms with van der Waals surface area (Å²) in [5.41, 5.74) is -0.238. The molecule has 0 aliphatic rings. The van der Waals surface area contributed by atoms with Gasteiger partial charge in [-0.2, -0.15) is 13.2 Å². The number of hydrogen-bond acceptors (Lipinski definition) is 5. The van der Waals surface area contributed by atoms with Gasteiger partial charge in [0.15, 0.2) is 0 Å². The van der Waals surface area contributed by atoms with Gasteiger partial charge in [0.25, 0.3) is 0 Å². The van der Waals surface area contributed by atoms with Crippen molar-refractivity contribution in [2.45, 2.75) is 39.5 Å². The van der Waals surface area contributed by atoms with Crippen LogP contribution < -0.4 is 5.32 Å². The zero-order valence-electron chi connectivity index (χ0n) is 10.4.